The molecule has 0 aliphatic rings. The van der Waals surface area contributed by atoms with Gasteiger partial charge in [0.2, 0.25) is 0 Å². The average Bonchev–Trinajstić information content (AvgIpc) is 2.98. The van der Waals surface area contributed by atoms with Crippen LogP contribution in [0.25, 0.3) is 10.9 Å². The lowest BCUT2D eigenvalue weighted by atomic mass is 10.1. The van der Waals surface area contributed by atoms with E-state index in [1.165, 1.54) is 12.0 Å². The van der Waals surface area contributed by atoms with Crippen molar-refractivity contribution >= 4 is 40.0 Å². The molecule has 0 spiro atoms. The lowest BCUT2D eigenvalue weighted by Crippen LogP contribution is -2.22. The third kappa shape index (κ3) is 3.23. The van der Waals surface area contributed by atoms with E-state index in [0.29, 0.717) is 22.0 Å². The normalized spacial score (nSPS) is 10.6. The molecule has 0 unspecified atom stereocenters. The highest BCUT2D eigenvalue weighted by molar-refractivity contribution is 6.39. The molecule has 2 amide bonds. The van der Waals surface area contributed by atoms with E-state index in [9.17, 15) is 9.59 Å². The van der Waals surface area contributed by atoms with Crippen LogP contribution in [0.15, 0.2) is 42.5 Å². The molecule has 0 aliphatic heterocycles. The molecule has 3 aromatic rings. The first-order valence-electron chi connectivity index (χ1n) is 7.89. The first-order valence-corrected chi connectivity index (χ1v) is 8.27. The minimum atomic E-state index is -0.418. The summed E-state index contributed by atoms with van der Waals surface area (Å²) in [6.45, 7) is 0. The number of hydrogen-bond donors (Lipinski definition) is 2. The topological polar surface area (TPSA) is 74.4 Å². The molecule has 2 aromatic carbocycles. The van der Waals surface area contributed by atoms with E-state index in [1.807, 2.05) is 24.3 Å². The van der Waals surface area contributed by atoms with Crippen LogP contribution in [0.4, 0.5) is 5.69 Å². The van der Waals surface area contributed by atoms with Crippen LogP contribution in [0.1, 0.15) is 20.8 Å². The van der Waals surface area contributed by atoms with Gasteiger partial charge in [0.15, 0.2) is 0 Å². The SMILES string of the molecule is COc1ccc(C(=O)N(C)C)cc1NC(=O)c1[nH]c2ccccc2c1Cl. The van der Waals surface area contributed by atoms with Gasteiger partial charge in [-0.1, -0.05) is 29.8 Å². The molecule has 7 heteroatoms. The Balaban J connectivity index is 1.96. The number of aromatic nitrogens is 1. The van der Waals surface area contributed by atoms with Crippen molar-refractivity contribution in [3.05, 3.63) is 58.7 Å². The molecule has 2 N–H and O–H groups in total. The van der Waals surface area contributed by atoms with Gasteiger partial charge in [0, 0.05) is 30.6 Å². The number of fused-ring (bicyclic) bond motifs is 1. The number of carbonyl (C=O) groups is 2. The number of carbonyl (C=O) groups excluding carboxylic acids is 2. The Morgan fingerprint density at radius 3 is 2.54 bits per heavy atom. The Kier molecular flexibility index (Phi) is 4.86. The van der Waals surface area contributed by atoms with Gasteiger partial charge in [-0.15, -0.1) is 0 Å². The number of nitrogens with one attached hydrogen (secondary N) is 2. The highest BCUT2D eigenvalue weighted by Crippen LogP contribution is 2.30. The summed E-state index contributed by atoms with van der Waals surface area (Å²) >= 11 is 6.33. The van der Waals surface area contributed by atoms with Gasteiger partial charge in [-0.25, -0.2) is 0 Å². The fraction of sp³-hybridized carbons (Fsp3) is 0.158. The van der Waals surface area contributed by atoms with Crippen molar-refractivity contribution in [2.24, 2.45) is 0 Å². The zero-order valence-electron chi connectivity index (χ0n) is 14.6. The van der Waals surface area contributed by atoms with E-state index < -0.39 is 5.91 Å². The highest BCUT2D eigenvalue weighted by Gasteiger charge is 2.19. The number of hydrogen-bond acceptors (Lipinski definition) is 3. The second-order valence-electron chi connectivity index (χ2n) is 5.93. The van der Waals surface area contributed by atoms with Crippen LogP contribution in [0.2, 0.25) is 5.02 Å². The van der Waals surface area contributed by atoms with Crippen LogP contribution in [0.5, 0.6) is 5.75 Å². The predicted octanol–water partition coefficient (Wildman–Crippen LogP) is 3.78. The summed E-state index contributed by atoms with van der Waals surface area (Å²) < 4.78 is 5.28. The maximum absolute atomic E-state index is 12.7. The number of halogens is 1. The lowest BCUT2D eigenvalue weighted by molar-refractivity contribution is 0.0827. The fourth-order valence-electron chi connectivity index (χ4n) is 2.65. The molecular formula is C19H18ClN3O3. The molecule has 0 bridgehead atoms. The van der Waals surface area contributed by atoms with Crippen LogP contribution < -0.4 is 10.1 Å². The van der Waals surface area contributed by atoms with Crippen LogP contribution in [0.3, 0.4) is 0 Å². The third-order valence-corrected chi connectivity index (χ3v) is 4.36. The van der Waals surface area contributed by atoms with Gasteiger partial charge in [-0.2, -0.15) is 0 Å². The second-order valence-corrected chi connectivity index (χ2v) is 6.31. The van der Waals surface area contributed by atoms with E-state index in [0.717, 1.165) is 10.9 Å². The number of para-hydroxylation sites is 1. The fourth-order valence-corrected chi connectivity index (χ4v) is 2.94. The molecule has 0 saturated carbocycles. The summed E-state index contributed by atoms with van der Waals surface area (Å²) in [6.07, 6.45) is 0. The summed E-state index contributed by atoms with van der Waals surface area (Å²) in [5.74, 6) is -0.147. The zero-order valence-corrected chi connectivity index (χ0v) is 15.3. The summed E-state index contributed by atoms with van der Waals surface area (Å²) in [5.41, 5.74) is 1.85. The molecule has 0 fully saturated rings. The molecule has 0 radical (unpaired) electrons. The van der Waals surface area contributed by atoms with Crippen molar-refractivity contribution in [1.82, 2.24) is 9.88 Å². The number of nitrogens with zero attached hydrogens (tertiary/aromatic N) is 1. The first-order chi connectivity index (χ1) is 12.4. The third-order valence-electron chi connectivity index (χ3n) is 3.97. The van der Waals surface area contributed by atoms with Crippen LogP contribution in [0, 0.1) is 0 Å². The van der Waals surface area contributed by atoms with E-state index in [-0.39, 0.29) is 11.6 Å². The van der Waals surface area contributed by atoms with E-state index >= 15 is 0 Å². The average molecular weight is 372 g/mol. The van der Waals surface area contributed by atoms with Gasteiger partial charge < -0.3 is 19.9 Å². The number of ether oxygens (including phenoxy) is 1. The Morgan fingerprint density at radius 1 is 1.15 bits per heavy atom. The molecule has 0 aliphatic carbocycles. The zero-order chi connectivity index (χ0) is 18.8. The van der Waals surface area contributed by atoms with Crippen molar-refractivity contribution in [3.63, 3.8) is 0 Å². The second kappa shape index (κ2) is 7.09. The number of methoxy groups -OCH3 is 1. The van der Waals surface area contributed by atoms with Crippen molar-refractivity contribution in [1.29, 1.82) is 0 Å². The van der Waals surface area contributed by atoms with Gasteiger partial charge in [-0.3, -0.25) is 9.59 Å². The summed E-state index contributed by atoms with van der Waals surface area (Å²) in [6, 6.07) is 12.2. The Labute approximate surface area is 155 Å². The molecule has 0 saturated heterocycles. The van der Waals surface area contributed by atoms with Crippen molar-refractivity contribution in [3.8, 4) is 5.75 Å². The monoisotopic (exact) mass is 371 g/mol. The van der Waals surface area contributed by atoms with Crippen molar-refractivity contribution in [2.45, 2.75) is 0 Å². The maximum atomic E-state index is 12.7. The number of benzene rings is 2. The van der Waals surface area contributed by atoms with E-state index in [2.05, 4.69) is 10.3 Å². The van der Waals surface area contributed by atoms with Crippen LogP contribution in [-0.4, -0.2) is 42.9 Å². The number of amides is 2. The lowest BCUT2D eigenvalue weighted by Gasteiger charge is -2.14. The molecule has 0 atom stereocenters. The van der Waals surface area contributed by atoms with Crippen LogP contribution >= 0.6 is 11.6 Å². The number of rotatable bonds is 4. The molecule has 134 valence electrons. The quantitative estimate of drug-likeness (QED) is 0.732. The number of H-pyrrole nitrogens is 1. The molecular weight excluding hydrogens is 354 g/mol. The largest absolute Gasteiger partial charge is 0.495 e. The first kappa shape index (κ1) is 17.8. The van der Waals surface area contributed by atoms with Gasteiger partial charge in [0.1, 0.15) is 11.4 Å². The highest BCUT2D eigenvalue weighted by atomic mass is 35.5. The summed E-state index contributed by atoms with van der Waals surface area (Å²) in [7, 11) is 4.82. The molecule has 1 aromatic heterocycles. The predicted molar refractivity (Wildman–Crippen MR) is 102 cm³/mol. The number of aromatic amines is 1. The Morgan fingerprint density at radius 2 is 1.88 bits per heavy atom. The summed E-state index contributed by atoms with van der Waals surface area (Å²) in [4.78, 5) is 29.4. The molecule has 1 heterocycles. The Hall–Kier alpha value is -2.99. The minimum Gasteiger partial charge on any atom is -0.495 e. The minimum absolute atomic E-state index is 0.174. The van der Waals surface area contributed by atoms with Gasteiger partial charge in [-0.05, 0) is 24.3 Å². The van der Waals surface area contributed by atoms with Crippen LogP contribution in [-0.2, 0) is 0 Å². The van der Waals surface area contributed by atoms with Gasteiger partial charge >= 0.3 is 0 Å². The smallest absolute Gasteiger partial charge is 0.273 e. The maximum Gasteiger partial charge on any atom is 0.273 e. The van der Waals surface area contributed by atoms with Gasteiger partial charge in [0.25, 0.3) is 11.8 Å². The molecule has 6 nitrogen and oxygen atoms in total. The molecule has 3 rings (SSSR count). The van der Waals surface area contributed by atoms with E-state index in [4.69, 9.17) is 16.3 Å². The number of anilines is 1. The standard InChI is InChI=1S/C19H18ClN3O3/c1-23(2)19(25)11-8-9-15(26-3)14(10-11)22-18(24)17-16(20)12-6-4-5-7-13(12)21-17/h4-10,21H,1-3H3,(H,22,24). The van der Waals surface area contributed by atoms with Crippen molar-refractivity contribution in [2.75, 3.05) is 26.5 Å². The van der Waals surface area contributed by atoms with Gasteiger partial charge in [0.05, 0.1) is 17.8 Å². The molecule has 26 heavy (non-hydrogen) atoms. The Bertz CT molecular complexity index is 995. The van der Waals surface area contributed by atoms with Crippen molar-refractivity contribution < 1.29 is 14.3 Å². The summed E-state index contributed by atoms with van der Waals surface area (Å²) in [5, 5.41) is 3.87. The van der Waals surface area contributed by atoms with E-state index in [1.54, 1.807) is 32.3 Å².